The molecule has 27 heavy (non-hydrogen) atoms. The molecule has 0 radical (unpaired) electrons. The topological polar surface area (TPSA) is 64.6 Å². The third kappa shape index (κ3) is 4.81. The fraction of sp³-hybridized carbons (Fsp3) is 0.100. The van der Waals surface area contributed by atoms with Crippen molar-refractivity contribution in [2.45, 2.75) is 11.8 Å². The van der Waals surface area contributed by atoms with Crippen LogP contribution in [0, 0.1) is 6.92 Å². The van der Waals surface area contributed by atoms with Gasteiger partial charge in [-0.15, -0.1) is 0 Å². The monoisotopic (exact) mass is 447 g/mol. The highest BCUT2D eigenvalue weighted by Crippen LogP contribution is 2.30. The molecule has 0 aliphatic rings. The Morgan fingerprint density at radius 2 is 1.48 bits per heavy atom. The lowest BCUT2D eigenvalue weighted by Gasteiger charge is -2.12. The molecule has 0 fully saturated rings. The minimum atomic E-state index is -3.80. The zero-order valence-electron chi connectivity index (χ0n) is 14.8. The summed E-state index contributed by atoms with van der Waals surface area (Å²) in [5, 5.41) is 0. The van der Waals surface area contributed by atoms with E-state index < -0.39 is 10.0 Å². The lowest BCUT2D eigenvalue weighted by molar-refractivity contribution is 0.403. The molecule has 3 aromatic carbocycles. The molecule has 0 bridgehead atoms. The van der Waals surface area contributed by atoms with Gasteiger partial charge in [0.25, 0.3) is 10.0 Å². The van der Waals surface area contributed by atoms with Crippen LogP contribution in [0.3, 0.4) is 0 Å². The predicted octanol–water partition coefficient (Wildman–Crippen LogP) is 5.36. The molecule has 3 rings (SSSR count). The minimum Gasteiger partial charge on any atom is -0.495 e. The van der Waals surface area contributed by atoms with Crippen molar-refractivity contribution in [3.63, 3.8) is 0 Å². The average molecular weight is 448 g/mol. The highest BCUT2D eigenvalue weighted by atomic mass is 79.9. The molecule has 0 amide bonds. The molecule has 1 N–H and O–H groups in total. The van der Waals surface area contributed by atoms with E-state index in [0.717, 1.165) is 5.56 Å². The smallest absolute Gasteiger partial charge is 0.265 e. The van der Waals surface area contributed by atoms with Crippen molar-refractivity contribution in [1.82, 2.24) is 0 Å². The van der Waals surface area contributed by atoms with Crippen molar-refractivity contribution in [1.29, 1.82) is 0 Å². The summed E-state index contributed by atoms with van der Waals surface area (Å²) in [4.78, 5) is 0.0550. The van der Waals surface area contributed by atoms with Gasteiger partial charge >= 0.3 is 0 Å². The van der Waals surface area contributed by atoms with Crippen LogP contribution in [0.25, 0.3) is 0 Å². The van der Waals surface area contributed by atoms with Gasteiger partial charge in [-0.05, 0) is 61.5 Å². The Kier molecular flexibility index (Phi) is 5.72. The van der Waals surface area contributed by atoms with Crippen molar-refractivity contribution >= 4 is 31.6 Å². The summed E-state index contributed by atoms with van der Waals surface area (Å²) >= 11 is 3.28. The Bertz CT molecular complexity index is 1030. The first-order chi connectivity index (χ1) is 12.9. The normalized spacial score (nSPS) is 11.1. The van der Waals surface area contributed by atoms with Crippen molar-refractivity contribution in [2.75, 3.05) is 11.8 Å². The van der Waals surface area contributed by atoms with Crippen LogP contribution in [0.5, 0.6) is 17.2 Å². The number of hydrogen-bond acceptors (Lipinski definition) is 4. The summed E-state index contributed by atoms with van der Waals surface area (Å²) in [5.41, 5.74) is 1.57. The molecule has 0 aliphatic heterocycles. The van der Waals surface area contributed by atoms with Crippen LogP contribution < -0.4 is 14.2 Å². The fourth-order valence-corrected chi connectivity index (χ4v) is 4.17. The first-order valence-corrected chi connectivity index (χ1v) is 10.4. The highest BCUT2D eigenvalue weighted by Gasteiger charge is 2.20. The maximum absolute atomic E-state index is 12.7. The van der Waals surface area contributed by atoms with E-state index in [4.69, 9.17) is 9.47 Å². The van der Waals surface area contributed by atoms with E-state index in [0.29, 0.717) is 21.7 Å². The van der Waals surface area contributed by atoms with Crippen molar-refractivity contribution in [2.24, 2.45) is 0 Å². The minimum absolute atomic E-state index is 0.0550. The summed E-state index contributed by atoms with van der Waals surface area (Å²) in [5.74, 6) is 1.60. The summed E-state index contributed by atoms with van der Waals surface area (Å²) < 4.78 is 39.5. The molecule has 140 valence electrons. The van der Waals surface area contributed by atoms with E-state index in [1.54, 1.807) is 36.4 Å². The Hall–Kier alpha value is -2.51. The average Bonchev–Trinajstić information content (AvgIpc) is 2.65. The standard InChI is InChI=1S/C20H18BrNO4S/c1-14-3-8-17(9-4-14)26-18-10-6-16(7-11-18)22-27(23,24)20-13-15(21)5-12-19(20)25-2/h3-13,22H,1-2H3. The number of aryl methyl sites for hydroxylation is 1. The number of benzene rings is 3. The van der Waals surface area contributed by atoms with Crippen LogP contribution in [0.1, 0.15) is 5.56 Å². The second kappa shape index (κ2) is 8.02. The maximum Gasteiger partial charge on any atom is 0.265 e. The van der Waals surface area contributed by atoms with Gasteiger partial charge in [-0.25, -0.2) is 8.42 Å². The second-order valence-electron chi connectivity index (χ2n) is 5.84. The van der Waals surface area contributed by atoms with Crippen LogP contribution >= 0.6 is 15.9 Å². The van der Waals surface area contributed by atoms with Gasteiger partial charge in [-0.1, -0.05) is 33.6 Å². The van der Waals surface area contributed by atoms with Crippen LogP contribution in [0.4, 0.5) is 5.69 Å². The maximum atomic E-state index is 12.7. The summed E-state index contributed by atoms with van der Waals surface area (Å²) in [6, 6.07) is 19.2. The quantitative estimate of drug-likeness (QED) is 0.552. The Labute approximate surface area is 167 Å². The van der Waals surface area contributed by atoms with Crippen LogP contribution in [-0.4, -0.2) is 15.5 Å². The molecule has 0 unspecified atom stereocenters. The molecule has 0 saturated carbocycles. The number of methoxy groups -OCH3 is 1. The van der Waals surface area contributed by atoms with Gasteiger partial charge in [0.15, 0.2) is 0 Å². The Morgan fingerprint density at radius 1 is 0.889 bits per heavy atom. The number of rotatable bonds is 6. The zero-order valence-corrected chi connectivity index (χ0v) is 17.2. The lowest BCUT2D eigenvalue weighted by Crippen LogP contribution is -2.14. The molecule has 0 heterocycles. The van der Waals surface area contributed by atoms with Gasteiger partial charge in [0.2, 0.25) is 0 Å². The largest absolute Gasteiger partial charge is 0.495 e. The van der Waals surface area contributed by atoms with E-state index in [-0.39, 0.29) is 10.6 Å². The summed E-state index contributed by atoms with van der Waals surface area (Å²) in [7, 11) is -2.37. The Balaban J connectivity index is 1.77. The number of nitrogens with one attached hydrogen (secondary N) is 1. The first kappa shape index (κ1) is 19.3. The predicted molar refractivity (Wildman–Crippen MR) is 109 cm³/mol. The second-order valence-corrected chi connectivity index (χ2v) is 8.41. The number of sulfonamides is 1. The molecule has 7 heteroatoms. The van der Waals surface area contributed by atoms with E-state index in [1.165, 1.54) is 13.2 Å². The molecule has 0 aromatic heterocycles. The highest BCUT2D eigenvalue weighted by molar-refractivity contribution is 9.10. The molecular weight excluding hydrogens is 430 g/mol. The van der Waals surface area contributed by atoms with Crippen LogP contribution in [0.2, 0.25) is 0 Å². The first-order valence-electron chi connectivity index (χ1n) is 8.08. The van der Waals surface area contributed by atoms with E-state index in [2.05, 4.69) is 20.7 Å². The van der Waals surface area contributed by atoms with Crippen LogP contribution in [-0.2, 0) is 10.0 Å². The number of halogens is 1. The molecule has 3 aromatic rings. The fourth-order valence-electron chi connectivity index (χ4n) is 2.40. The van der Waals surface area contributed by atoms with E-state index in [9.17, 15) is 8.42 Å². The van der Waals surface area contributed by atoms with E-state index >= 15 is 0 Å². The van der Waals surface area contributed by atoms with Crippen molar-refractivity contribution < 1.29 is 17.9 Å². The molecule has 0 spiro atoms. The molecule has 0 aliphatic carbocycles. The number of ether oxygens (including phenoxy) is 2. The van der Waals surface area contributed by atoms with Gasteiger partial charge in [0.1, 0.15) is 22.1 Å². The van der Waals surface area contributed by atoms with E-state index in [1.807, 2.05) is 31.2 Å². The van der Waals surface area contributed by atoms with Gasteiger partial charge in [0.05, 0.1) is 7.11 Å². The third-order valence-corrected chi connectivity index (χ3v) is 5.67. The number of hydrogen-bond donors (Lipinski definition) is 1. The summed E-state index contributed by atoms with van der Waals surface area (Å²) in [6.45, 7) is 2.00. The molecular formula is C20H18BrNO4S. The van der Waals surface area contributed by atoms with Gasteiger partial charge < -0.3 is 9.47 Å². The Morgan fingerprint density at radius 3 is 2.07 bits per heavy atom. The molecule has 5 nitrogen and oxygen atoms in total. The molecule has 0 atom stereocenters. The SMILES string of the molecule is COc1ccc(Br)cc1S(=O)(=O)Nc1ccc(Oc2ccc(C)cc2)cc1. The third-order valence-electron chi connectivity index (χ3n) is 3.78. The lowest BCUT2D eigenvalue weighted by atomic mass is 10.2. The van der Waals surface area contributed by atoms with Crippen molar-refractivity contribution in [3.8, 4) is 17.2 Å². The zero-order chi connectivity index (χ0) is 19.4. The van der Waals surface area contributed by atoms with Gasteiger partial charge in [-0.2, -0.15) is 0 Å². The summed E-state index contributed by atoms with van der Waals surface area (Å²) in [6.07, 6.45) is 0. The van der Waals surface area contributed by atoms with Crippen LogP contribution in [0.15, 0.2) is 76.1 Å². The van der Waals surface area contributed by atoms with Gasteiger partial charge in [0, 0.05) is 10.2 Å². The number of anilines is 1. The van der Waals surface area contributed by atoms with Gasteiger partial charge in [-0.3, -0.25) is 4.72 Å². The molecule has 0 saturated heterocycles. The van der Waals surface area contributed by atoms with Crippen molar-refractivity contribution in [3.05, 3.63) is 76.8 Å².